The molecule has 1 saturated heterocycles. The second-order valence-electron chi connectivity index (χ2n) is 8.08. The lowest BCUT2D eigenvalue weighted by Gasteiger charge is -2.29. The van der Waals surface area contributed by atoms with Crippen molar-refractivity contribution in [2.75, 3.05) is 40.4 Å². The fourth-order valence-corrected chi connectivity index (χ4v) is 3.60. The molecular weight excluding hydrogens is 428 g/mol. The molecule has 1 aliphatic rings. The Balaban J connectivity index is 2.22. The Hall–Kier alpha value is -3.14. The van der Waals surface area contributed by atoms with E-state index in [0.29, 0.717) is 38.2 Å². The van der Waals surface area contributed by atoms with Crippen LogP contribution in [0.2, 0.25) is 0 Å². The number of ether oxygens (including phenoxy) is 1. The number of aliphatic hydroxyl groups excluding tert-OH is 1. The summed E-state index contributed by atoms with van der Waals surface area (Å²) in [6, 6.07) is 5.60. The van der Waals surface area contributed by atoms with Gasteiger partial charge in [-0.3, -0.25) is 19.2 Å². The molecule has 10 nitrogen and oxygen atoms in total. The fraction of sp³-hybridized carbons (Fsp3) is 0.565. The summed E-state index contributed by atoms with van der Waals surface area (Å²) in [7, 11) is 3.11. The Kier molecular flexibility index (Phi) is 10.1. The van der Waals surface area contributed by atoms with Crippen molar-refractivity contribution in [3.05, 3.63) is 29.8 Å². The van der Waals surface area contributed by atoms with E-state index in [4.69, 9.17) is 4.74 Å². The highest BCUT2D eigenvalue weighted by Gasteiger charge is 2.30. The van der Waals surface area contributed by atoms with Gasteiger partial charge in [-0.05, 0) is 37.5 Å². The molecule has 10 heteroatoms. The third-order valence-corrected chi connectivity index (χ3v) is 5.76. The maximum absolute atomic E-state index is 13.2. The van der Waals surface area contributed by atoms with Crippen LogP contribution >= 0.6 is 0 Å². The van der Waals surface area contributed by atoms with Gasteiger partial charge >= 0.3 is 0 Å². The molecular formula is C23H34N4O6. The molecule has 0 unspecified atom stereocenters. The summed E-state index contributed by atoms with van der Waals surface area (Å²) in [5, 5.41) is 14.8. The number of hydrogen-bond donors (Lipinski definition) is 3. The molecule has 0 aliphatic carbocycles. The van der Waals surface area contributed by atoms with Gasteiger partial charge in [0.1, 0.15) is 24.4 Å². The van der Waals surface area contributed by atoms with Crippen molar-refractivity contribution in [3.8, 4) is 5.75 Å². The van der Waals surface area contributed by atoms with E-state index in [9.17, 15) is 24.3 Å². The first kappa shape index (κ1) is 26.1. The van der Waals surface area contributed by atoms with E-state index in [2.05, 4.69) is 10.6 Å². The summed E-state index contributed by atoms with van der Waals surface area (Å²) >= 11 is 0. The van der Waals surface area contributed by atoms with Crippen molar-refractivity contribution in [2.45, 2.75) is 44.7 Å². The molecule has 2 rings (SSSR count). The van der Waals surface area contributed by atoms with Crippen molar-refractivity contribution in [2.24, 2.45) is 0 Å². The lowest BCUT2D eigenvalue weighted by Crippen LogP contribution is -2.54. The van der Waals surface area contributed by atoms with Gasteiger partial charge in [0.05, 0.1) is 7.11 Å². The maximum atomic E-state index is 13.2. The first-order valence-electron chi connectivity index (χ1n) is 11.1. The molecule has 1 aliphatic heterocycles. The molecule has 2 atom stereocenters. The fourth-order valence-electron chi connectivity index (χ4n) is 3.60. The van der Waals surface area contributed by atoms with Crippen LogP contribution in [0.1, 0.15) is 31.7 Å². The Morgan fingerprint density at radius 2 is 1.82 bits per heavy atom. The van der Waals surface area contributed by atoms with E-state index in [1.807, 2.05) is 12.1 Å². The Morgan fingerprint density at radius 3 is 2.45 bits per heavy atom. The van der Waals surface area contributed by atoms with Gasteiger partial charge < -0.3 is 30.3 Å². The topological polar surface area (TPSA) is 128 Å². The smallest absolute Gasteiger partial charge is 0.248 e. The van der Waals surface area contributed by atoms with Crippen LogP contribution in [-0.4, -0.2) is 91.0 Å². The van der Waals surface area contributed by atoms with Crippen LogP contribution in [0.25, 0.3) is 0 Å². The van der Waals surface area contributed by atoms with Crippen LogP contribution in [-0.2, 0) is 25.6 Å². The van der Waals surface area contributed by atoms with Crippen molar-refractivity contribution in [1.82, 2.24) is 20.4 Å². The molecule has 1 heterocycles. The van der Waals surface area contributed by atoms with Gasteiger partial charge in [-0.1, -0.05) is 12.1 Å². The predicted molar refractivity (Wildman–Crippen MR) is 121 cm³/mol. The summed E-state index contributed by atoms with van der Waals surface area (Å²) in [5.74, 6) is -0.755. The van der Waals surface area contributed by atoms with Gasteiger partial charge in [0.25, 0.3) is 0 Å². The number of carbonyl (C=O) groups is 4. The van der Waals surface area contributed by atoms with Crippen molar-refractivity contribution in [1.29, 1.82) is 0 Å². The number of carbonyl (C=O) groups excluding carboxylic acids is 4. The molecule has 0 bridgehead atoms. The van der Waals surface area contributed by atoms with E-state index in [-0.39, 0.29) is 30.6 Å². The van der Waals surface area contributed by atoms with Crippen LogP contribution in [0.5, 0.6) is 5.75 Å². The number of aliphatic hydroxyl groups is 1. The van der Waals surface area contributed by atoms with Gasteiger partial charge in [-0.2, -0.15) is 0 Å². The lowest BCUT2D eigenvalue weighted by molar-refractivity contribution is -0.141. The molecule has 0 aromatic heterocycles. The summed E-state index contributed by atoms with van der Waals surface area (Å²) in [6.07, 6.45) is 1.26. The lowest BCUT2D eigenvalue weighted by atomic mass is 10.0. The first-order valence-corrected chi connectivity index (χ1v) is 11.1. The van der Waals surface area contributed by atoms with E-state index in [1.54, 1.807) is 33.2 Å². The quantitative estimate of drug-likeness (QED) is 0.563. The van der Waals surface area contributed by atoms with Crippen LogP contribution in [0.4, 0.5) is 0 Å². The third-order valence-electron chi connectivity index (χ3n) is 5.76. The largest absolute Gasteiger partial charge is 0.497 e. The van der Waals surface area contributed by atoms with Crippen LogP contribution in [0.15, 0.2) is 24.3 Å². The maximum Gasteiger partial charge on any atom is 0.248 e. The minimum Gasteiger partial charge on any atom is -0.497 e. The minimum atomic E-state index is -0.855. The molecule has 0 radical (unpaired) electrons. The molecule has 1 aromatic carbocycles. The van der Waals surface area contributed by atoms with E-state index >= 15 is 0 Å². The Bertz CT molecular complexity index is 829. The standard InChI is InChI=1S/C23H34N4O6/c1-16-22(31)24-11-5-13-27(21(30)15-28)12-4-6-20(29)25-19(23(32)26(16)2)14-17-7-9-18(33-3)10-8-17/h7-10,16,19,28H,4-6,11-15H2,1-3H3,(H,24,31)(H,25,29)/t16-,19-/m0/s1. The van der Waals surface area contributed by atoms with Crippen molar-refractivity contribution in [3.63, 3.8) is 0 Å². The van der Waals surface area contributed by atoms with Crippen LogP contribution < -0.4 is 15.4 Å². The number of likely N-dealkylation sites (N-methyl/N-ethyl adjacent to an activating group) is 1. The molecule has 4 amide bonds. The number of amides is 4. The zero-order chi connectivity index (χ0) is 24.4. The molecule has 0 saturated carbocycles. The summed E-state index contributed by atoms with van der Waals surface area (Å²) < 4.78 is 5.17. The van der Waals surface area contributed by atoms with Gasteiger partial charge in [-0.15, -0.1) is 0 Å². The molecule has 33 heavy (non-hydrogen) atoms. The zero-order valence-corrected chi connectivity index (χ0v) is 19.5. The van der Waals surface area contributed by atoms with Gasteiger partial charge in [0.15, 0.2) is 0 Å². The SMILES string of the molecule is COc1ccc(C[C@@H]2NC(=O)CCCN(C(=O)CO)CCCNC(=O)[C@H](C)N(C)C2=O)cc1. The number of methoxy groups -OCH3 is 1. The zero-order valence-electron chi connectivity index (χ0n) is 19.5. The Labute approximate surface area is 194 Å². The molecule has 3 N–H and O–H groups in total. The summed E-state index contributed by atoms with van der Waals surface area (Å²) in [4.78, 5) is 53.2. The van der Waals surface area contributed by atoms with Gasteiger partial charge in [0, 0.05) is 39.5 Å². The minimum absolute atomic E-state index is 0.123. The number of rotatable bonds is 4. The number of nitrogens with one attached hydrogen (secondary N) is 2. The molecule has 1 fully saturated rings. The van der Waals surface area contributed by atoms with Crippen molar-refractivity contribution < 1.29 is 29.0 Å². The molecule has 182 valence electrons. The van der Waals surface area contributed by atoms with Crippen molar-refractivity contribution >= 4 is 23.6 Å². The highest BCUT2D eigenvalue weighted by Crippen LogP contribution is 2.14. The highest BCUT2D eigenvalue weighted by atomic mass is 16.5. The molecule has 0 spiro atoms. The highest BCUT2D eigenvalue weighted by molar-refractivity contribution is 5.92. The average Bonchev–Trinajstić information content (AvgIpc) is 2.83. The first-order chi connectivity index (χ1) is 15.8. The second kappa shape index (κ2) is 12.8. The third kappa shape index (κ3) is 7.74. The summed E-state index contributed by atoms with van der Waals surface area (Å²) in [6.45, 7) is 1.99. The average molecular weight is 463 g/mol. The number of nitrogens with zero attached hydrogens (tertiary/aromatic N) is 2. The Morgan fingerprint density at radius 1 is 1.15 bits per heavy atom. The van der Waals surface area contributed by atoms with Gasteiger partial charge in [-0.25, -0.2) is 0 Å². The monoisotopic (exact) mass is 462 g/mol. The molecule has 1 aromatic rings. The van der Waals surface area contributed by atoms with E-state index in [1.165, 1.54) is 9.80 Å². The predicted octanol–water partition coefficient (Wildman–Crippen LogP) is -0.310. The second-order valence-corrected chi connectivity index (χ2v) is 8.08. The normalized spacial score (nSPS) is 21.5. The van der Waals surface area contributed by atoms with E-state index in [0.717, 1.165) is 5.56 Å². The van der Waals surface area contributed by atoms with E-state index < -0.39 is 24.6 Å². The number of benzene rings is 1. The summed E-state index contributed by atoms with van der Waals surface area (Å²) in [5.41, 5.74) is 0.831. The number of hydrogen-bond acceptors (Lipinski definition) is 6. The van der Waals surface area contributed by atoms with Crippen LogP contribution in [0, 0.1) is 0 Å². The van der Waals surface area contributed by atoms with Gasteiger partial charge in [0.2, 0.25) is 23.6 Å². The van der Waals surface area contributed by atoms with Crippen LogP contribution in [0.3, 0.4) is 0 Å².